The average Bonchev–Trinajstić information content (AvgIpc) is 2.82. The highest BCUT2D eigenvalue weighted by molar-refractivity contribution is 9.10. The minimum Gasteiger partial charge on any atom is -0.486 e. The second kappa shape index (κ2) is 6.85. The third-order valence-corrected chi connectivity index (χ3v) is 4.16. The highest BCUT2D eigenvalue weighted by Crippen LogP contribution is 2.26. The third-order valence-electron chi connectivity index (χ3n) is 2.64. The molecule has 0 aliphatic rings. The van der Waals surface area contributed by atoms with Gasteiger partial charge in [-0.05, 0) is 54.9 Å². The molecule has 3 nitrogen and oxygen atoms in total. The highest BCUT2D eigenvalue weighted by atomic mass is 79.9. The number of nitrogens with zero attached hydrogens (tertiary/aromatic N) is 1. The molecule has 2 rings (SSSR count). The molecule has 0 radical (unpaired) electrons. The Morgan fingerprint density at radius 1 is 1.38 bits per heavy atom. The summed E-state index contributed by atoms with van der Waals surface area (Å²) in [6.07, 6.45) is 0. The fraction of sp³-hybridized carbons (Fsp3) is 0.400. The topological polar surface area (TPSA) is 34.2 Å². The van der Waals surface area contributed by atoms with Crippen molar-refractivity contribution in [3.63, 3.8) is 0 Å². The molecule has 0 amide bonds. The van der Waals surface area contributed by atoms with Crippen LogP contribution in [0.25, 0.3) is 0 Å². The summed E-state index contributed by atoms with van der Waals surface area (Å²) in [7, 11) is 0. The van der Waals surface area contributed by atoms with Crippen molar-refractivity contribution >= 4 is 27.3 Å². The molecule has 0 bridgehead atoms. The van der Waals surface area contributed by atoms with Crippen LogP contribution in [0.3, 0.4) is 0 Å². The Morgan fingerprint density at radius 3 is 2.81 bits per heavy atom. The zero-order valence-electron chi connectivity index (χ0n) is 12.2. The molecule has 0 aliphatic heterocycles. The number of hydrogen-bond donors (Lipinski definition) is 1. The van der Waals surface area contributed by atoms with E-state index in [1.807, 2.05) is 5.38 Å². The summed E-state index contributed by atoms with van der Waals surface area (Å²) >= 11 is 4.89. The van der Waals surface area contributed by atoms with E-state index >= 15 is 0 Å². The van der Waals surface area contributed by atoms with E-state index in [1.165, 1.54) is 12.1 Å². The quantitative estimate of drug-likeness (QED) is 0.837. The molecule has 0 atom stereocenters. The van der Waals surface area contributed by atoms with Gasteiger partial charge in [0.05, 0.1) is 10.2 Å². The minimum atomic E-state index is -0.293. The maximum Gasteiger partial charge on any atom is 0.134 e. The Hall–Kier alpha value is -0.980. The van der Waals surface area contributed by atoms with Gasteiger partial charge in [-0.3, -0.25) is 0 Å². The molecule has 0 spiro atoms. The van der Waals surface area contributed by atoms with Gasteiger partial charge in [0, 0.05) is 17.5 Å². The fourth-order valence-electron chi connectivity index (χ4n) is 1.58. The van der Waals surface area contributed by atoms with Crippen LogP contribution < -0.4 is 10.1 Å². The smallest absolute Gasteiger partial charge is 0.134 e. The zero-order chi connectivity index (χ0) is 15.5. The first-order valence-corrected chi connectivity index (χ1v) is 8.27. The lowest BCUT2D eigenvalue weighted by molar-refractivity contribution is 0.299. The molecule has 114 valence electrons. The van der Waals surface area contributed by atoms with E-state index in [1.54, 1.807) is 17.4 Å². The molecule has 0 saturated heterocycles. The van der Waals surface area contributed by atoms with E-state index in [0.717, 1.165) is 17.2 Å². The van der Waals surface area contributed by atoms with Crippen LogP contribution in [-0.4, -0.2) is 10.5 Å². The maximum absolute atomic E-state index is 13.0. The van der Waals surface area contributed by atoms with Gasteiger partial charge in [-0.1, -0.05) is 0 Å². The fourth-order valence-corrected chi connectivity index (χ4v) is 2.76. The lowest BCUT2D eigenvalue weighted by atomic mass is 10.1. The van der Waals surface area contributed by atoms with Crippen LogP contribution in [0.5, 0.6) is 5.75 Å². The summed E-state index contributed by atoms with van der Waals surface area (Å²) in [6, 6.07) is 4.36. The summed E-state index contributed by atoms with van der Waals surface area (Å²) < 4.78 is 19.2. The first-order valence-electron chi connectivity index (χ1n) is 6.60. The van der Waals surface area contributed by atoms with Crippen LogP contribution in [0.1, 0.15) is 31.5 Å². The van der Waals surface area contributed by atoms with E-state index < -0.39 is 0 Å². The molecule has 1 aromatic carbocycles. The van der Waals surface area contributed by atoms with Crippen molar-refractivity contribution in [3.8, 4) is 5.75 Å². The number of benzene rings is 1. The van der Waals surface area contributed by atoms with Crippen molar-refractivity contribution in [2.75, 3.05) is 0 Å². The van der Waals surface area contributed by atoms with Crippen LogP contribution in [0, 0.1) is 5.82 Å². The molecular formula is C15H18BrFN2OS. The van der Waals surface area contributed by atoms with Gasteiger partial charge in [-0.25, -0.2) is 9.37 Å². The van der Waals surface area contributed by atoms with Crippen LogP contribution in [0.15, 0.2) is 28.1 Å². The average molecular weight is 373 g/mol. The van der Waals surface area contributed by atoms with E-state index in [9.17, 15) is 4.39 Å². The summed E-state index contributed by atoms with van der Waals surface area (Å²) in [5.41, 5.74) is 0.948. The van der Waals surface area contributed by atoms with Crippen molar-refractivity contribution in [2.45, 2.75) is 39.5 Å². The standard InChI is InChI=1S/C15H18BrFN2OS/c1-15(2,3)18-7-14-19-11(9-21-14)8-20-13-5-4-10(17)6-12(13)16/h4-6,9,18H,7-8H2,1-3H3. The Bertz CT molecular complexity index is 610. The first-order chi connectivity index (χ1) is 9.83. The largest absolute Gasteiger partial charge is 0.486 e. The normalized spacial score (nSPS) is 11.7. The van der Waals surface area contributed by atoms with E-state index in [2.05, 4.69) is 47.0 Å². The second-order valence-electron chi connectivity index (χ2n) is 5.70. The van der Waals surface area contributed by atoms with Gasteiger partial charge in [-0.15, -0.1) is 11.3 Å². The Labute approximate surface area is 136 Å². The van der Waals surface area contributed by atoms with E-state index in [-0.39, 0.29) is 11.4 Å². The number of rotatable bonds is 5. The number of hydrogen-bond acceptors (Lipinski definition) is 4. The van der Waals surface area contributed by atoms with Gasteiger partial charge in [0.25, 0.3) is 0 Å². The van der Waals surface area contributed by atoms with Crippen molar-refractivity contribution in [3.05, 3.63) is 44.6 Å². The van der Waals surface area contributed by atoms with Gasteiger partial charge in [0.1, 0.15) is 23.2 Å². The molecule has 0 fully saturated rings. The lowest BCUT2D eigenvalue weighted by Gasteiger charge is -2.19. The Morgan fingerprint density at radius 2 is 2.14 bits per heavy atom. The van der Waals surface area contributed by atoms with Crippen LogP contribution in [-0.2, 0) is 13.2 Å². The Kier molecular flexibility index (Phi) is 5.35. The van der Waals surface area contributed by atoms with Crippen molar-refractivity contribution in [1.29, 1.82) is 0 Å². The molecule has 1 heterocycles. The van der Waals surface area contributed by atoms with E-state index in [0.29, 0.717) is 16.8 Å². The monoisotopic (exact) mass is 372 g/mol. The number of halogens is 2. The Balaban J connectivity index is 1.90. The maximum atomic E-state index is 13.0. The molecule has 21 heavy (non-hydrogen) atoms. The SMILES string of the molecule is CC(C)(C)NCc1nc(COc2ccc(F)cc2Br)cs1. The van der Waals surface area contributed by atoms with E-state index in [4.69, 9.17) is 4.74 Å². The third kappa shape index (κ3) is 5.37. The highest BCUT2D eigenvalue weighted by Gasteiger charge is 2.11. The molecule has 1 N–H and O–H groups in total. The second-order valence-corrected chi connectivity index (χ2v) is 7.50. The molecule has 2 aromatic rings. The van der Waals surface area contributed by atoms with Crippen LogP contribution in [0.2, 0.25) is 0 Å². The lowest BCUT2D eigenvalue weighted by Crippen LogP contribution is -2.35. The number of thiazole rings is 1. The van der Waals surface area contributed by atoms with Gasteiger partial charge >= 0.3 is 0 Å². The van der Waals surface area contributed by atoms with Gasteiger partial charge < -0.3 is 10.1 Å². The van der Waals surface area contributed by atoms with Crippen molar-refractivity contribution in [2.24, 2.45) is 0 Å². The van der Waals surface area contributed by atoms with Crippen molar-refractivity contribution in [1.82, 2.24) is 10.3 Å². The number of aromatic nitrogens is 1. The number of ether oxygens (including phenoxy) is 1. The predicted molar refractivity (Wildman–Crippen MR) is 87.1 cm³/mol. The molecule has 6 heteroatoms. The van der Waals surface area contributed by atoms with Gasteiger partial charge in [0.2, 0.25) is 0 Å². The van der Waals surface area contributed by atoms with Crippen molar-refractivity contribution < 1.29 is 9.13 Å². The minimum absolute atomic E-state index is 0.0707. The molecule has 0 saturated carbocycles. The van der Waals surface area contributed by atoms with Crippen LogP contribution in [0.4, 0.5) is 4.39 Å². The molecule has 0 unspecified atom stereocenters. The summed E-state index contributed by atoms with van der Waals surface area (Å²) in [4.78, 5) is 4.52. The summed E-state index contributed by atoms with van der Waals surface area (Å²) in [5.74, 6) is 0.317. The van der Waals surface area contributed by atoms with Gasteiger partial charge in [-0.2, -0.15) is 0 Å². The predicted octanol–water partition coefficient (Wildman–Crippen LogP) is 4.51. The molecular weight excluding hydrogens is 355 g/mol. The van der Waals surface area contributed by atoms with Gasteiger partial charge in [0.15, 0.2) is 0 Å². The summed E-state index contributed by atoms with van der Waals surface area (Å²) in [5, 5.41) is 6.41. The molecule has 0 aliphatic carbocycles. The molecule has 1 aromatic heterocycles. The summed E-state index contributed by atoms with van der Waals surface area (Å²) in [6.45, 7) is 7.48. The first kappa shape index (κ1) is 16.4. The zero-order valence-corrected chi connectivity index (χ0v) is 14.6. The number of nitrogens with one attached hydrogen (secondary N) is 1. The van der Waals surface area contributed by atoms with Crippen LogP contribution >= 0.6 is 27.3 Å².